The van der Waals surface area contributed by atoms with E-state index >= 15 is 0 Å². The van der Waals surface area contributed by atoms with Crippen LogP contribution in [0, 0.1) is 6.92 Å². The van der Waals surface area contributed by atoms with Crippen molar-refractivity contribution in [3.8, 4) is 0 Å². The second kappa shape index (κ2) is 4.29. The van der Waals surface area contributed by atoms with Crippen LogP contribution in [0.2, 0.25) is 5.02 Å². The zero-order valence-electron chi connectivity index (χ0n) is 7.70. The Bertz CT molecular complexity index is 426. The van der Waals surface area contributed by atoms with Crippen molar-refractivity contribution < 1.29 is 13.5 Å². The highest BCUT2D eigenvalue weighted by molar-refractivity contribution is 7.91. The molecule has 0 saturated heterocycles. The highest BCUT2D eigenvalue weighted by Gasteiger charge is 2.13. The van der Waals surface area contributed by atoms with E-state index in [-0.39, 0.29) is 17.3 Å². The first-order valence-electron chi connectivity index (χ1n) is 4.07. The van der Waals surface area contributed by atoms with E-state index in [1.54, 1.807) is 13.0 Å². The summed E-state index contributed by atoms with van der Waals surface area (Å²) in [5, 5.41) is 9.12. The number of aliphatic hydroxyl groups is 1. The van der Waals surface area contributed by atoms with Gasteiger partial charge in [-0.25, -0.2) is 8.42 Å². The van der Waals surface area contributed by atoms with Crippen LogP contribution in [0.4, 0.5) is 0 Å². The first-order chi connectivity index (χ1) is 6.47. The number of aliphatic hydroxyl groups excluding tert-OH is 1. The van der Waals surface area contributed by atoms with Gasteiger partial charge in [-0.05, 0) is 30.7 Å². The fourth-order valence-corrected chi connectivity index (χ4v) is 2.27. The van der Waals surface area contributed by atoms with Crippen LogP contribution in [0.15, 0.2) is 23.1 Å². The zero-order chi connectivity index (χ0) is 10.8. The summed E-state index contributed by atoms with van der Waals surface area (Å²) in [6, 6.07) is 4.49. The molecule has 0 aliphatic rings. The molecule has 0 aliphatic heterocycles. The van der Waals surface area contributed by atoms with Crippen LogP contribution in [-0.4, -0.2) is 25.9 Å². The summed E-state index contributed by atoms with van der Waals surface area (Å²) in [5.41, 5.74) is 0.714. The smallest absolute Gasteiger partial charge is 0.180 e. The fourth-order valence-electron chi connectivity index (χ4n) is 1.05. The molecule has 1 aromatic rings. The Balaban J connectivity index is 3.15. The van der Waals surface area contributed by atoms with E-state index in [2.05, 4.69) is 0 Å². The number of aryl methyl sites for hydroxylation is 1. The van der Waals surface area contributed by atoms with Gasteiger partial charge in [-0.1, -0.05) is 11.6 Å². The fraction of sp³-hybridized carbons (Fsp3) is 0.333. The van der Waals surface area contributed by atoms with Crippen molar-refractivity contribution in [3.63, 3.8) is 0 Å². The molecule has 0 fully saturated rings. The Morgan fingerprint density at radius 1 is 1.43 bits per heavy atom. The third-order valence-corrected chi connectivity index (χ3v) is 3.96. The van der Waals surface area contributed by atoms with Crippen LogP contribution in [0.3, 0.4) is 0 Å². The molecule has 0 radical (unpaired) electrons. The van der Waals surface area contributed by atoms with Gasteiger partial charge in [0.25, 0.3) is 0 Å². The highest BCUT2D eigenvalue weighted by Crippen LogP contribution is 2.19. The molecule has 0 heterocycles. The van der Waals surface area contributed by atoms with Crippen LogP contribution < -0.4 is 0 Å². The van der Waals surface area contributed by atoms with Crippen LogP contribution in [0.1, 0.15) is 5.56 Å². The largest absolute Gasteiger partial charge is 0.395 e. The van der Waals surface area contributed by atoms with E-state index in [1.807, 2.05) is 0 Å². The van der Waals surface area contributed by atoms with Gasteiger partial charge in [0.15, 0.2) is 9.84 Å². The SMILES string of the molecule is Cc1cc(S(=O)(=O)CCO)ccc1Cl. The topological polar surface area (TPSA) is 54.4 Å². The summed E-state index contributed by atoms with van der Waals surface area (Å²) >= 11 is 5.76. The van der Waals surface area contributed by atoms with Gasteiger partial charge in [-0.15, -0.1) is 0 Å². The van der Waals surface area contributed by atoms with E-state index < -0.39 is 9.84 Å². The maximum Gasteiger partial charge on any atom is 0.180 e. The van der Waals surface area contributed by atoms with Gasteiger partial charge in [0.1, 0.15) is 0 Å². The van der Waals surface area contributed by atoms with Crippen molar-refractivity contribution in [2.75, 3.05) is 12.4 Å². The molecule has 0 spiro atoms. The first kappa shape index (κ1) is 11.5. The molecule has 1 aromatic carbocycles. The maximum absolute atomic E-state index is 11.5. The van der Waals surface area contributed by atoms with E-state index in [4.69, 9.17) is 16.7 Å². The number of benzene rings is 1. The molecule has 78 valence electrons. The zero-order valence-corrected chi connectivity index (χ0v) is 9.27. The van der Waals surface area contributed by atoms with Crippen LogP contribution >= 0.6 is 11.6 Å². The molecule has 0 saturated carbocycles. The van der Waals surface area contributed by atoms with E-state index in [0.29, 0.717) is 10.6 Å². The Kier molecular flexibility index (Phi) is 3.53. The van der Waals surface area contributed by atoms with Crippen molar-refractivity contribution in [1.29, 1.82) is 0 Å². The molecule has 0 aromatic heterocycles. The molecule has 0 aliphatic carbocycles. The van der Waals surface area contributed by atoms with Gasteiger partial charge in [0.2, 0.25) is 0 Å². The molecule has 5 heteroatoms. The number of hydrogen-bond donors (Lipinski definition) is 1. The number of halogens is 1. The van der Waals surface area contributed by atoms with Crippen molar-refractivity contribution in [1.82, 2.24) is 0 Å². The predicted molar refractivity (Wildman–Crippen MR) is 55.3 cm³/mol. The molecule has 1 rings (SSSR count). The predicted octanol–water partition coefficient (Wildman–Crippen LogP) is 1.41. The molecule has 0 unspecified atom stereocenters. The van der Waals surface area contributed by atoms with E-state index in [9.17, 15) is 8.42 Å². The Morgan fingerprint density at radius 3 is 2.57 bits per heavy atom. The first-order valence-corrected chi connectivity index (χ1v) is 6.10. The third-order valence-electron chi connectivity index (χ3n) is 1.85. The molecular formula is C9H11ClO3S. The van der Waals surface area contributed by atoms with Crippen molar-refractivity contribution in [3.05, 3.63) is 28.8 Å². The second-order valence-electron chi connectivity index (χ2n) is 2.95. The van der Waals surface area contributed by atoms with Gasteiger partial charge < -0.3 is 5.11 Å². The lowest BCUT2D eigenvalue weighted by Gasteiger charge is -2.04. The van der Waals surface area contributed by atoms with Crippen molar-refractivity contribution >= 4 is 21.4 Å². The van der Waals surface area contributed by atoms with Gasteiger partial charge in [-0.2, -0.15) is 0 Å². The molecule has 0 amide bonds. The maximum atomic E-state index is 11.5. The highest BCUT2D eigenvalue weighted by atomic mass is 35.5. The standard InChI is InChI=1S/C9H11ClO3S/c1-7-6-8(2-3-9(7)10)14(12,13)5-4-11/h2-3,6,11H,4-5H2,1H3. The molecule has 0 atom stereocenters. The van der Waals surface area contributed by atoms with Crippen LogP contribution in [0.5, 0.6) is 0 Å². The van der Waals surface area contributed by atoms with E-state index in [1.165, 1.54) is 12.1 Å². The summed E-state index contributed by atoms with van der Waals surface area (Å²) in [5.74, 6) is -0.256. The number of hydrogen-bond acceptors (Lipinski definition) is 3. The molecule has 3 nitrogen and oxygen atoms in total. The molecule has 0 bridgehead atoms. The van der Waals surface area contributed by atoms with E-state index in [0.717, 1.165) is 0 Å². The lowest BCUT2D eigenvalue weighted by atomic mass is 10.2. The van der Waals surface area contributed by atoms with Crippen LogP contribution in [-0.2, 0) is 9.84 Å². The lowest BCUT2D eigenvalue weighted by Crippen LogP contribution is -2.10. The van der Waals surface area contributed by atoms with Gasteiger partial charge in [0, 0.05) is 5.02 Å². The van der Waals surface area contributed by atoms with Crippen molar-refractivity contribution in [2.45, 2.75) is 11.8 Å². The van der Waals surface area contributed by atoms with Gasteiger partial charge in [-0.3, -0.25) is 0 Å². The minimum Gasteiger partial charge on any atom is -0.395 e. The molecule has 14 heavy (non-hydrogen) atoms. The third kappa shape index (κ3) is 2.47. The minimum atomic E-state index is -3.36. The Labute approximate surface area is 88.2 Å². The molecule has 1 N–H and O–H groups in total. The van der Waals surface area contributed by atoms with Crippen LogP contribution in [0.25, 0.3) is 0 Å². The monoisotopic (exact) mass is 234 g/mol. The minimum absolute atomic E-state index is 0.202. The Morgan fingerprint density at radius 2 is 2.07 bits per heavy atom. The normalized spacial score (nSPS) is 11.6. The molecular weight excluding hydrogens is 224 g/mol. The average molecular weight is 235 g/mol. The Hall–Kier alpha value is -0.580. The average Bonchev–Trinajstić information content (AvgIpc) is 2.09. The quantitative estimate of drug-likeness (QED) is 0.861. The van der Waals surface area contributed by atoms with Gasteiger partial charge in [0.05, 0.1) is 17.3 Å². The number of sulfone groups is 1. The number of rotatable bonds is 3. The summed E-state index contributed by atoms with van der Waals surface area (Å²) in [4.78, 5) is 0.202. The summed E-state index contributed by atoms with van der Waals surface area (Å²) < 4.78 is 23.0. The summed E-state index contributed by atoms with van der Waals surface area (Å²) in [7, 11) is -3.36. The van der Waals surface area contributed by atoms with Gasteiger partial charge >= 0.3 is 0 Å². The lowest BCUT2D eigenvalue weighted by molar-refractivity contribution is 0.319. The summed E-state index contributed by atoms with van der Waals surface area (Å²) in [6.07, 6.45) is 0. The van der Waals surface area contributed by atoms with Crippen molar-refractivity contribution in [2.24, 2.45) is 0 Å². The second-order valence-corrected chi connectivity index (χ2v) is 5.47. The summed E-state index contributed by atoms with van der Waals surface area (Å²) in [6.45, 7) is 1.37.